The molecule has 2 rings (SSSR count). The van der Waals surface area contributed by atoms with E-state index in [1.807, 2.05) is 30.3 Å². The minimum absolute atomic E-state index is 0.440. The Kier molecular flexibility index (Phi) is 6.26. The minimum atomic E-state index is 0.440. The number of aryl methyl sites for hydroxylation is 2. The Morgan fingerprint density at radius 3 is 2.14 bits per heavy atom. The second-order valence-electron chi connectivity index (χ2n) is 5.57. The van der Waals surface area contributed by atoms with E-state index in [-0.39, 0.29) is 0 Å². The van der Waals surface area contributed by atoms with Gasteiger partial charge in [0.05, 0.1) is 0 Å². The number of ether oxygens (including phenoxy) is 1. The first kappa shape index (κ1) is 16.3. The molecule has 0 amide bonds. The molecule has 3 heteroatoms. The van der Waals surface area contributed by atoms with Crippen LogP contribution in [0.5, 0.6) is 17.4 Å². The SMILES string of the molecule is CCCCc1cc(Oc2ccccn2)cc(CCCC)c1O. The van der Waals surface area contributed by atoms with Crippen LogP contribution in [0.3, 0.4) is 0 Å². The summed E-state index contributed by atoms with van der Waals surface area (Å²) in [4.78, 5) is 4.20. The van der Waals surface area contributed by atoms with Gasteiger partial charge in [-0.1, -0.05) is 32.8 Å². The van der Waals surface area contributed by atoms with Gasteiger partial charge in [0.1, 0.15) is 11.5 Å². The first-order chi connectivity index (χ1) is 10.7. The molecule has 0 spiro atoms. The van der Waals surface area contributed by atoms with Crippen molar-refractivity contribution in [3.05, 3.63) is 47.7 Å². The van der Waals surface area contributed by atoms with Gasteiger partial charge < -0.3 is 9.84 Å². The number of phenolic OH excluding ortho intramolecular Hbond substituents is 1. The van der Waals surface area contributed by atoms with Crippen LogP contribution >= 0.6 is 0 Å². The van der Waals surface area contributed by atoms with Gasteiger partial charge in [-0.25, -0.2) is 4.98 Å². The smallest absolute Gasteiger partial charge is 0.219 e. The number of unbranched alkanes of at least 4 members (excludes halogenated alkanes) is 2. The number of hydrogen-bond acceptors (Lipinski definition) is 3. The number of benzene rings is 1. The van der Waals surface area contributed by atoms with E-state index in [9.17, 15) is 5.11 Å². The highest BCUT2D eigenvalue weighted by Crippen LogP contribution is 2.32. The van der Waals surface area contributed by atoms with Crippen molar-refractivity contribution in [3.63, 3.8) is 0 Å². The molecule has 0 saturated heterocycles. The van der Waals surface area contributed by atoms with Gasteiger partial charge in [0.25, 0.3) is 0 Å². The van der Waals surface area contributed by atoms with Crippen molar-refractivity contribution in [1.82, 2.24) is 4.98 Å². The summed E-state index contributed by atoms with van der Waals surface area (Å²) >= 11 is 0. The molecule has 118 valence electrons. The van der Waals surface area contributed by atoms with Crippen LogP contribution in [0.2, 0.25) is 0 Å². The molecule has 22 heavy (non-hydrogen) atoms. The molecule has 0 aliphatic rings. The van der Waals surface area contributed by atoms with E-state index in [1.165, 1.54) is 0 Å². The van der Waals surface area contributed by atoms with Crippen molar-refractivity contribution in [3.8, 4) is 17.4 Å². The van der Waals surface area contributed by atoms with Gasteiger partial charge in [-0.15, -0.1) is 0 Å². The molecule has 0 radical (unpaired) electrons. The molecule has 2 aromatic rings. The van der Waals surface area contributed by atoms with Gasteiger partial charge in [0.15, 0.2) is 0 Å². The van der Waals surface area contributed by atoms with Crippen molar-refractivity contribution in [2.75, 3.05) is 0 Å². The van der Waals surface area contributed by atoms with Gasteiger partial charge in [0.2, 0.25) is 5.88 Å². The minimum Gasteiger partial charge on any atom is -0.507 e. The van der Waals surface area contributed by atoms with Crippen molar-refractivity contribution >= 4 is 0 Å². The molecule has 1 heterocycles. The van der Waals surface area contributed by atoms with Crippen LogP contribution in [0, 0.1) is 0 Å². The number of aromatic hydroxyl groups is 1. The Balaban J connectivity index is 2.27. The van der Waals surface area contributed by atoms with Crippen molar-refractivity contribution in [1.29, 1.82) is 0 Å². The Morgan fingerprint density at radius 2 is 1.64 bits per heavy atom. The lowest BCUT2D eigenvalue weighted by atomic mass is 9.99. The fraction of sp³-hybridized carbons (Fsp3) is 0.421. The Labute approximate surface area is 133 Å². The lowest BCUT2D eigenvalue weighted by molar-refractivity contribution is 0.442. The van der Waals surface area contributed by atoms with E-state index in [2.05, 4.69) is 18.8 Å². The average molecular weight is 299 g/mol. The summed E-state index contributed by atoms with van der Waals surface area (Å²) < 4.78 is 5.85. The number of nitrogens with zero attached hydrogens (tertiary/aromatic N) is 1. The first-order valence-electron chi connectivity index (χ1n) is 8.18. The van der Waals surface area contributed by atoms with Crippen LogP contribution in [-0.2, 0) is 12.8 Å². The van der Waals surface area contributed by atoms with Crippen LogP contribution in [-0.4, -0.2) is 10.1 Å². The summed E-state index contributed by atoms with van der Waals surface area (Å²) in [5.74, 6) is 1.78. The van der Waals surface area contributed by atoms with Gasteiger partial charge >= 0.3 is 0 Å². The monoisotopic (exact) mass is 299 g/mol. The standard InChI is InChI=1S/C19H25NO2/c1-3-5-9-15-13-17(22-18-11-7-8-12-20-18)14-16(19(15)21)10-6-4-2/h7-8,11-14,21H,3-6,9-10H2,1-2H3. The second kappa shape index (κ2) is 8.42. The summed E-state index contributed by atoms with van der Waals surface area (Å²) in [6.45, 7) is 4.31. The van der Waals surface area contributed by atoms with E-state index in [0.29, 0.717) is 11.6 Å². The molecular formula is C19H25NO2. The van der Waals surface area contributed by atoms with E-state index in [4.69, 9.17) is 4.74 Å². The maximum absolute atomic E-state index is 10.5. The number of pyridine rings is 1. The maximum atomic E-state index is 10.5. The number of hydrogen-bond donors (Lipinski definition) is 1. The third-order valence-electron chi connectivity index (χ3n) is 3.70. The number of phenols is 1. The third-order valence-corrected chi connectivity index (χ3v) is 3.70. The fourth-order valence-corrected chi connectivity index (χ4v) is 2.43. The van der Waals surface area contributed by atoms with E-state index >= 15 is 0 Å². The van der Waals surface area contributed by atoms with Crippen LogP contribution < -0.4 is 4.74 Å². The number of rotatable bonds is 8. The Bertz CT molecular complexity index is 552. The molecule has 1 N–H and O–H groups in total. The Hall–Kier alpha value is -2.03. The Morgan fingerprint density at radius 1 is 1.00 bits per heavy atom. The predicted octanol–water partition coefficient (Wildman–Crippen LogP) is 5.26. The molecule has 0 bridgehead atoms. The third kappa shape index (κ3) is 4.48. The molecular weight excluding hydrogens is 274 g/mol. The van der Waals surface area contributed by atoms with Gasteiger partial charge in [-0.3, -0.25) is 0 Å². The molecule has 3 nitrogen and oxygen atoms in total. The summed E-state index contributed by atoms with van der Waals surface area (Å²) in [6, 6.07) is 9.48. The highest BCUT2D eigenvalue weighted by molar-refractivity contribution is 5.47. The summed E-state index contributed by atoms with van der Waals surface area (Å²) in [5.41, 5.74) is 1.95. The van der Waals surface area contributed by atoms with Gasteiger partial charge in [-0.2, -0.15) is 0 Å². The first-order valence-corrected chi connectivity index (χ1v) is 8.18. The summed E-state index contributed by atoms with van der Waals surface area (Å²) in [5, 5.41) is 10.5. The molecule has 0 fully saturated rings. The topological polar surface area (TPSA) is 42.4 Å². The van der Waals surface area contributed by atoms with Crippen molar-refractivity contribution in [2.24, 2.45) is 0 Å². The van der Waals surface area contributed by atoms with Gasteiger partial charge in [-0.05, 0) is 55.0 Å². The highest BCUT2D eigenvalue weighted by Gasteiger charge is 2.11. The zero-order valence-electron chi connectivity index (χ0n) is 13.5. The highest BCUT2D eigenvalue weighted by atomic mass is 16.5. The van der Waals surface area contributed by atoms with Crippen LogP contribution in [0.15, 0.2) is 36.5 Å². The van der Waals surface area contributed by atoms with Crippen LogP contribution in [0.1, 0.15) is 50.7 Å². The molecule has 0 aliphatic heterocycles. The number of aromatic nitrogens is 1. The summed E-state index contributed by atoms with van der Waals surface area (Å²) in [6.07, 6.45) is 7.80. The molecule has 1 aromatic carbocycles. The van der Waals surface area contributed by atoms with Crippen molar-refractivity contribution in [2.45, 2.75) is 52.4 Å². The molecule has 0 atom stereocenters. The predicted molar refractivity (Wildman–Crippen MR) is 89.6 cm³/mol. The van der Waals surface area contributed by atoms with Crippen LogP contribution in [0.25, 0.3) is 0 Å². The van der Waals surface area contributed by atoms with E-state index in [0.717, 1.165) is 55.4 Å². The quantitative estimate of drug-likeness (QED) is 0.722. The van der Waals surface area contributed by atoms with Crippen LogP contribution in [0.4, 0.5) is 0 Å². The summed E-state index contributed by atoms with van der Waals surface area (Å²) in [7, 11) is 0. The van der Waals surface area contributed by atoms with Crippen molar-refractivity contribution < 1.29 is 9.84 Å². The average Bonchev–Trinajstić information content (AvgIpc) is 2.54. The fourth-order valence-electron chi connectivity index (χ4n) is 2.43. The zero-order valence-corrected chi connectivity index (χ0v) is 13.5. The molecule has 0 saturated carbocycles. The normalized spacial score (nSPS) is 10.6. The lowest BCUT2D eigenvalue weighted by Gasteiger charge is -2.13. The largest absolute Gasteiger partial charge is 0.507 e. The molecule has 0 aliphatic carbocycles. The van der Waals surface area contributed by atoms with Gasteiger partial charge in [0, 0.05) is 12.3 Å². The van der Waals surface area contributed by atoms with E-state index in [1.54, 1.807) is 6.20 Å². The second-order valence-corrected chi connectivity index (χ2v) is 5.57. The van der Waals surface area contributed by atoms with E-state index < -0.39 is 0 Å². The zero-order chi connectivity index (χ0) is 15.8. The molecule has 1 aromatic heterocycles. The maximum Gasteiger partial charge on any atom is 0.219 e. The lowest BCUT2D eigenvalue weighted by Crippen LogP contribution is -1.96. The molecule has 0 unspecified atom stereocenters.